The molecule has 0 atom stereocenters. The third-order valence-corrected chi connectivity index (χ3v) is 2.76. The van der Waals surface area contributed by atoms with Crippen LogP contribution in [0.1, 0.15) is 0 Å². The van der Waals surface area contributed by atoms with Crippen molar-refractivity contribution in [2.75, 3.05) is 0 Å². The lowest BCUT2D eigenvalue weighted by atomic mass is 10.3. The van der Waals surface area contributed by atoms with Gasteiger partial charge in [-0.1, -0.05) is 17.7 Å². The zero-order chi connectivity index (χ0) is 12.5. The SMILES string of the molecule is Fc1cccc(Oc2ccn3ncnc3c2)c1Cl. The van der Waals surface area contributed by atoms with Gasteiger partial charge < -0.3 is 4.74 Å². The number of aromatic nitrogens is 3. The predicted molar refractivity (Wildman–Crippen MR) is 64.5 cm³/mol. The Morgan fingerprint density at radius 2 is 2.17 bits per heavy atom. The summed E-state index contributed by atoms with van der Waals surface area (Å²) in [5, 5.41) is 3.92. The summed E-state index contributed by atoms with van der Waals surface area (Å²) in [6.45, 7) is 0. The summed E-state index contributed by atoms with van der Waals surface area (Å²) in [4.78, 5) is 4.03. The van der Waals surface area contributed by atoms with Gasteiger partial charge in [0.1, 0.15) is 28.7 Å². The molecule has 0 radical (unpaired) electrons. The number of rotatable bonds is 2. The zero-order valence-corrected chi connectivity index (χ0v) is 9.80. The van der Waals surface area contributed by atoms with Crippen LogP contribution in [-0.4, -0.2) is 14.6 Å². The predicted octanol–water partition coefficient (Wildman–Crippen LogP) is 3.31. The fraction of sp³-hybridized carbons (Fsp3) is 0. The van der Waals surface area contributed by atoms with Gasteiger partial charge in [-0.3, -0.25) is 0 Å². The molecule has 0 aliphatic heterocycles. The molecular formula is C12H7ClFN3O. The van der Waals surface area contributed by atoms with Gasteiger partial charge in [-0.05, 0) is 18.2 Å². The Morgan fingerprint density at radius 3 is 3.06 bits per heavy atom. The molecule has 18 heavy (non-hydrogen) atoms. The van der Waals surface area contributed by atoms with Crippen LogP contribution in [0.15, 0.2) is 42.9 Å². The molecule has 3 aromatic rings. The minimum atomic E-state index is -0.516. The molecule has 0 amide bonds. The molecule has 0 spiro atoms. The number of ether oxygens (including phenoxy) is 1. The Balaban J connectivity index is 1.98. The van der Waals surface area contributed by atoms with Crippen LogP contribution in [0.25, 0.3) is 5.65 Å². The lowest BCUT2D eigenvalue weighted by Crippen LogP contribution is -1.90. The normalized spacial score (nSPS) is 10.8. The Kier molecular flexibility index (Phi) is 2.60. The van der Waals surface area contributed by atoms with Gasteiger partial charge in [-0.25, -0.2) is 13.9 Å². The van der Waals surface area contributed by atoms with E-state index in [1.807, 2.05) is 0 Å². The van der Waals surface area contributed by atoms with E-state index in [1.165, 1.54) is 18.5 Å². The highest BCUT2D eigenvalue weighted by Crippen LogP contribution is 2.31. The summed E-state index contributed by atoms with van der Waals surface area (Å²) < 4.78 is 20.4. The van der Waals surface area contributed by atoms with Crippen LogP contribution in [0.4, 0.5) is 4.39 Å². The van der Waals surface area contributed by atoms with Crippen molar-refractivity contribution < 1.29 is 9.13 Å². The summed E-state index contributed by atoms with van der Waals surface area (Å²) in [6, 6.07) is 7.79. The highest BCUT2D eigenvalue weighted by molar-refractivity contribution is 6.32. The maximum Gasteiger partial charge on any atom is 0.158 e. The molecule has 0 aliphatic carbocycles. The number of hydrogen-bond donors (Lipinski definition) is 0. The van der Waals surface area contributed by atoms with Crippen molar-refractivity contribution in [3.63, 3.8) is 0 Å². The first-order valence-electron chi connectivity index (χ1n) is 5.15. The van der Waals surface area contributed by atoms with Gasteiger partial charge in [0.25, 0.3) is 0 Å². The maximum atomic E-state index is 13.2. The second-order valence-corrected chi connectivity index (χ2v) is 3.96. The van der Waals surface area contributed by atoms with Gasteiger partial charge >= 0.3 is 0 Å². The van der Waals surface area contributed by atoms with Gasteiger partial charge in [0.2, 0.25) is 0 Å². The highest BCUT2D eigenvalue weighted by Gasteiger charge is 2.08. The molecule has 0 fully saturated rings. The Labute approximate surface area is 107 Å². The van der Waals surface area contributed by atoms with Gasteiger partial charge in [0, 0.05) is 12.3 Å². The van der Waals surface area contributed by atoms with Crippen molar-refractivity contribution >= 4 is 17.2 Å². The van der Waals surface area contributed by atoms with E-state index in [-0.39, 0.29) is 10.8 Å². The van der Waals surface area contributed by atoms with E-state index >= 15 is 0 Å². The first kappa shape index (κ1) is 11.0. The quantitative estimate of drug-likeness (QED) is 0.712. The molecule has 0 aliphatic rings. The molecule has 0 saturated heterocycles. The van der Waals surface area contributed by atoms with Crippen LogP contribution < -0.4 is 4.74 Å². The van der Waals surface area contributed by atoms with Gasteiger partial charge in [0.05, 0.1) is 0 Å². The van der Waals surface area contributed by atoms with Crippen molar-refractivity contribution in [1.82, 2.24) is 14.6 Å². The van der Waals surface area contributed by atoms with Gasteiger partial charge in [-0.2, -0.15) is 5.10 Å². The largest absolute Gasteiger partial charge is 0.455 e. The smallest absolute Gasteiger partial charge is 0.158 e. The lowest BCUT2D eigenvalue weighted by Gasteiger charge is -2.07. The molecule has 3 rings (SSSR count). The first-order valence-corrected chi connectivity index (χ1v) is 5.53. The van der Waals surface area contributed by atoms with E-state index in [1.54, 1.807) is 28.9 Å². The molecule has 0 bridgehead atoms. The minimum Gasteiger partial charge on any atom is -0.455 e. The van der Waals surface area contributed by atoms with Crippen molar-refractivity contribution in [2.24, 2.45) is 0 Å². The number of halogens is 2. The average Bonchev–Trinajstić information content (AvgIpc) is 2.82. The average molecular weight is 264 g/mol. The number of nitrogens with zero attached hydrogens (tertiary/aromatic N) is 3. The van der Waals surface area contributed by atoms with Crippen LogP contribution in [0, 0.1) is 5.82 Å². The van der Waals surface area contributed by atoms with Crippen LogP contribution in [0.5, 0.6) is 11.5 Å². The second-order valence-electron chi connectivity index (χ2n) is 3.58. The molecular weight excluding hydrogens is 257 g/mol. The number of fused-ring (bicyclic) bond motifs is 1. The van der Waals surface area contributed by atoms with E-state index in [9.17, 15) is 4.39 Å². The van der Waals surface area contributed by atoms with Gasteiger partial charge in [0.15, 0.2) is 5.65 Å². The zero-order valence-electron chi connectivity index (χ0n) is 9.05. The summed E-state index contributed by atoms with van der Waals surface area (Å²) in [5.41, 5.74) is 0.639. The highest BCUT2D eigenvalue weighted by atomic mass is 35.5. The van der Waals surface area contributed by atoms with E-state index in [0.717, 1.165) is 0 Å². The van der Waals surface area contributed by atoms with Crippen LogP contribution in [0.2, 0.25) is 5.02 Å². The molecule has 4 nitrogen and oxygen atoms in total. The van der Waals surface area contributed by atoms with Crippen molar-refractivity contribution in [1.29, 1.82) is 0 Å². The molecule has 90 valence electrons. The molecule has 0 unspecified atom stereocenters. The molecule has 6 heteroatoms. The van der Waals surface area contributed by atoms with Crippen LogP contribution in [-0.2, 0) is 0 Å². The van der Waals surface area contributed by atoms with E-state index < -0.39 is 5.82 Å². The van der Waals surface area contributed by atoms with Crippen LogP contribution in [0.3, 0.4) is 0 Å². The third-order valence-electron chi connectivity index (χ3n) is 2.40. The first-order chi connectivity index (χ1) is 8.74. The minimum absolute atomic E-state index is 0.0427. The maximum absolute atomic E-state index is 13.2. The molecule has 0 saturated carbocycles. The standard InChI is InChI=1S/C12H7ClFN3O/c13-12-9(14)2-1-3-10(12)18-8-4-5-17-11(6-8)15-7-16-17/h1-7H. The second kappa shape index (κ2) is 4.27. The molecule has 2 aromatic heterocycles. The monoisotopic (exact) mass is 263 g/mol. The summed E-state index contributed by atoms with van der Waals surface area (Å²) >= 11 is 5.81. The Hall–Kier alpha value is -2.14. The summed E-state index contributed by atoms with van der Waals surface area (Å²) in [5.74, 6) is 0.265. The molecule has 1 aromatic carbocycles. The Morgan fingerprint density at radius 1 is 1.28 bits per heavy atom. The summed E-state index contributed by atoms with van der Waals surface area (Å²) in [7, 11) is 0. The fourth-order valence-electron chi connectivity index (χ4n) is 1.55. The number of pyridine rings is 1. The van der Waals surface area contributed by atoms with E-state index in [0.29, 0.717) is 11.4 Å². The van der Waals surface area contributed by atoms with Gasteiger partial charge in [-0.15, -0.1) is 0 Å². The van der Waals surface area contributed by atoms with Crippen molar-refractivity contribution in [3.05, 3.63) is 53.7 Å². The summed E-state index contributed by atoms with van der Waals surface area (Å²) in [6.07, 6.45) is 3.14. The third kappa shape index (κ3) is 1.89. The molecule has 2 heterocycles. The Bertz CT molecular complexity index is 713. The van der Waals surface area contributed by atoms with Crippen molar-refractivity contribution in [3.8, 4) is 11.5 Å². The van der Waals surface area contributed by atoms with E-state index in [2.05, 4.69) is 10.1 Å². The van der Waals surface area contributed by atoms with Crippen molar-refractivity contribution in [2.45, 2.75) is 0 Å². The van der Waals surface area contributed by atoms with Crippen LogP contribution >= 0.6 is 11.6 Å². The fourth-order valence-corrected chi connectivity index (χ4v) is 1.71. The number of hydrogen-bond acceptors (Lipinski definition) is 3. The van der Waals surface area contributed by atoms with E-state index in [4.69, 9.17) is 16.3 Å². The topological polar surface area (TPSA) is 39.4 Å². The lowest BCUT2D eigenvalue weighted by molar-refractivity contribution is 0.476. The number of benzene rings is 1. The molecule has 0 N–H and O–H groups in total.